The van der Waals surface area contributed by atoms with Gasteiger partial charge in [0, 0.05) is 18.7 Å². The second kappa shape index (κ2) is 6.18. The van der Waals surface area contributed by atoms with Crippen LogP contribution in [0.1, 0.15) is 56.4 Å². The molecule has 1 aromatic rings. The van der Waals surface area contributed by atoms with Crippen molar-refractivity contribution in [2.24, 2.45) is 0 Å². The fraction of sp³-hybridized carbons (Fsp3) is 0.625. The summed E-state index contributed by atoms with van der Waals surface area (Å²) < 4.78 is 0. The second-order valence-electron chi connectivity index (χ2n) is 5.33. The van der Waals surface area contributed by atoms with Crippen molar-refractivity contribution in [2.75, 3.05) is 11.4 Å². The summed E-state index contributed by atoms with van der Waals surface area (Å²) in [5, 5.41) is 0. The zero-order chi connectivity index (χ0) is 13.8. The molecule has 0 aliphatic heterocycles. The largest absolute Gasteiger partial charge is 0.297 e. The highest BCUT2D eigenvalue weighted by molar-refractivity contribution is 5.92. The lowest BCUT2D eigenvalue weighted by Crippen LogP contribution is -2.32. The average Bonchev–Trinajstić information content (AvgIpc) is 2.44. The maximum absolute atomic E-state index is 12.1. The number of pyridine rings is 1. The van der Waals surface area contributed by atoms with Gasteiger partial charge in [0.25, 0.3) is 0 Å². The van der Waals surface area contributed by atoms with Crippen molar-refractivity contribution in [3.63, 3.8) is 0 Å². The fourth-order valence-corrected chi connectivity index (χ4v) is 2.81. The van der Waals surface area contributed by atoms with E-state index in [1.807, 2.05) is 11.8 Å². The number of anilines is 1. The van der Waals surface area contributed by atoms with Gasteiger partial charge >= 0.3 is 0 Å². The van der Waals surface area contributed by atoms with Crippen molar-refractivity contribution >= 4 is 11.7 Å². The number of nitrogens with zero attached hydrogens (tertiary/aromatic N) is 2. The molecule has 1 heterocycles. The van der Waals surface area contributed by atoms with E-state index in [0.29, 0.717) is 6.42 Å². The van der Waals surface area contributed by atoms with Gasteiger partial charge in [-0.2, -0.15) is 0 Å². The minimum Gasteiger partial charge on any atom is -0.297 e. The first-order chi connectivity index (χ1) is 9.17. The molecule has 0 fully saturated rings. The lowest BCUT2D eigenvalue weighted by atomic mass is 9.92. The standard InChI is InChI=1S/C16H24N2O/c1-4-10-18(16(19)5-2)15-11-12(3)13-8-6-7-9-14(13)17-15/h11H,4-10H2,1-3H3. The van der Waals surface area contributed by atoms with Crippen molar-refractivity contribution in [3.8, 4) is 0 Å². The molecule has 1 aliphatic carbocycles. The number of aromatic nitrogens is 1. The number of hydrogen-bond acceptors (Lipinski definition) is 2. The average molecular weight is 260 g/mol. The molecular weight excluding hydrogens is 236 g/mol. The molecule has 0 N–H and O–H groups in total. The predicted octanol–water partition coefficient (Wildman–Crippen LogP) is 3.42. The van der Waals surface area contributed by atoms with Crippen LogP contribution >= 0.6 is 0 Å². The summed E-state index contributed by atoms with van der Waals surface area (Å²) in [6, 6.07) is 2.09. The van der Waals surface area contributed by atoms with Gasteiger partial charge in [-0.05, 0) is 56.2 Å². The molecule has 1 aromatic heterocycles. The van der Waals surface area contributed by atoms with Crippen LogP contribution in [-0.2, 0) is 17.6 Å². The Morgan fingerprint density at radius 1 is 1.32 bits per heavy atom. The first-order valence-corrected chi connectivity index (χ1v) is 7.47. The first kappa shape index (κ1) is 14.0. The number of carbonyl (C=O) groups is 1. The number of amides is 1. The van der Waals surface area contributed by atoms with Crippen molar-refractivity contribution in [1.29, 1.82) is 0 Å². The quantitative estimate of drug-likeness (QED) is 0.831. The smallest absolute Gasteiger partial charge is 0.227 e. The predicted molar refractivity (Wildman–Crippen MR) is 78.6 cm³/mol. The molecule has 0 spiro atoms. The maximum Gasteiger partial charge on any atom is 0.227 e. The molecule has 2 rings (SSSR count). The summed E-state index contributed by atoms with van der Waals surface area (Å²) in [5.41, 5.74) is 3.92. The number of carbonyl (C=O) groups excluding carboxylic acids is 1. The third kappa shape index (κ3) is 2.96. The van der Waals surface area contributed by atoms with Gasteiger partial charge in [0.05, 0.1) is 0 Å². The van der Waals surface area contributed by atoms with Gasteiger partial charge in [0.1, 0.15) is 5.82 Å². The van der Waals surface area contributed by atoms with E-state index in [4.69, 9.17) is 4.98 Å². The molecule has 0 radical (unpaired) electrons. The van der Waals surface area contributed by atoms with Crippen molar-refractivity contribution in [2.45, 2.75) is 59.3 Å². The molecule has 0 aromatic carbocycles. The third-order valence-corrected chi connectivity index (χ3v) is 3.84. The van der Waals surface area contributed by atoms with Gasteiger partial charge in [-0.15, -0.1) is 0 Å². The molecular formula is C16H24N2O. The van der Waals surface area contributed by atoms with Crippen LogP contribution in [0.4, 0.5) is 5.82 Å². The lowest BCUT2D eigenvalue weighted by Gasteiger charge is -2.25. The number of rotatable bonds is 4. The summed E-state index contributed by atoms with van der Waals surface area (Å²) in [4.78, 5) is 18.7. The van der Waals surface area contributed by atoms with E-state index in [1.165, 1.54) is 29.7 Å². The number of fused-ring (bicyclic) bond motifs is 1. The highest BCUT2D eigenvalue weighted by Gasteiger charge is 2.19. The molecule has 0 saturated heterocycles. The minimum absolute atomic E-state index is 0.171. The lowest BCUT2D eigenvalue weighted by molar-refractivity contribution is -0.118. The summed E-state index contributed by atoms with van der Waals surface area (Å²) in [6.07, 6.45) is 6.19. The fourth-order valence-electron chi connectivity index (χ4n) is 2.81. The van der Waals surface area contributed by atoms with Crippen LogP contribution in [0.2, 0.25) is 0 Å². The Labute approximate surface area is 116 Å². The van der Waals surface area contributed by atoms with Gasteiger partial charge < -0.3 is 0 Å². The molecule has 19 heavy (non-hydrogen) atoms. The van der Waals surface area contributed by atoms with E-state index in [2.05, 4.69) is 19.9 Å². The van der Waals surface area contributed by atoms with Gasteiger partial charge in [0.2, 0.25) is 5.91 Å². The normalized spacial score (nSPS) is 14.1. The zero-order valence-corrected chi connectivity index (χ0v) is 12.3. The molecule has 1 aliphatic rings. The Hall–Kier alpha value is -1.38. The van der Waals surface area contributed by atoms with E-state index >= 15 is 0 Å². The molecule has 1 amide bonds. The van der Waals surface area contributed by atoms with Crippen LogP contribution in [0.3, 0.4) is 0 Å². The monoisotopic (exact) mass is 260 g/mol. The molecule has 3 heteroatoms. The van der Waals surface area contributed by atoms with E-state index < -0.39 is 0 Å². The molecule has 3 nitrogen and oxygen atoms in total. The van der Waals surface area contributed by atoms with Gasteiger partial charge in [-0.1, -0.05) is 13.8 Å². The molecule has 0 bridgehead atoms. The molecule has 0 atom stereocenters. The Bertz CT molecular complexity index is 468. The van der Waals surface area contributed by atoms with E-state index in [1.54, 1.807) is 0 Å². The van der Waals surface area contributed by atoms with Crippen LogP contribution < -0.4 is 4.90 Å². The Morgan fingerprint density at radius 3 is 2.74 bits per heavy atom. The Balaban J connectivity index is 2.37. The third-order valence-electron chi connectivity index (χ3n) is 3.84. The summed E-state index contributed by atoms with van der Waals surface area (Å²) >= 11 is 0. The van der Waals surface area contributed by atoms with Crippen molar-refractivity contribution < 1.29 is 4.79 Å². The summed E-state index contributed by atoms with van der Waals surface area (Å²) in [5.74, 6) is 1.02. The van der Waals surface area contributed by atoms with Crippen LogP contribution in [0.15, 0.2) is 6.07 Å². The van der Waals surface area contributed by atoms with Crippen molar-refractivity contribution in [1.82, 2.24) is 4.98 Å². The highest BCUT2D eigenvalue weighted by Crippen LogP contribution is 2.26. The second-order valence-corrected chi connectivity index (χ2v) is 5.33. The molecule has 104 valence electrons. The molecule has 0 saturated carbocycles. The summed E-state index contributed by atoms with van der Waals surface area (Å²) in [6.45, 7) is 6.92. The first-order valence-electron chi connectivity index (χ1n) is 7.47. The van der Waals surface area contributed by atoms with Crippen LogP contribution in [0.25, 0.3) is 0 Å². The van der Waals surface area contributed by atoms with E-state index in [-0.39, 0.29) is 5.91 Å². The zero-order valence-electron chi connectivity index (χ0n) is 12.3. The maximum atomic E-state index is 12.1. The Morgan fingerprint density at radius 2 is 2.05 bits per heavy atom. The van der Waals surface area contributed by atoms with Gasteiger partial charge in [-0.25, -0.2) is 4.98 Å². The SMILES string of the molecule is CCCN(C(=O)CC)c1cc(C)c2c(n1)CCCC2. The van der Waals surface area contributed by atoms with Gasteiger partial charge in [0.15, 0.2) is 0 Å². The number of hydrogen-bond donors (Lipinski definition) is 0. The van der Waals surface area contributed by atoms with E-state index in [9.17, 15) is 4.79 Å². The van der Waals surface area contributed by atoms with Gasteiger partial charge in [-0.3, -0.25) is 9.69 Å². The Kier molecular flexibility index (Phi) is 4.56. The van der Waals surface area contributed by atoms with Crippen LogP contribution in [-0.4, -0.2) is 17.4 Å². The minimum atomic E-state index is 0.171. The molecule has 0 unspecified atom stereocenters. The topological polar surface area (TPSA) is 33.2 Å². The number of aryl methyl sites for hydroxylation is 2. The van der Waals surface area contributed by atoms with E-state index in [0.717, 1.165) is 31.6 Å². The van der Waals surface area contributed by atoms with Crippen LogP contribution in [0, 0.1) is 6.92 Å². The highest BCUT2D eigenvalue weighted by atomic mass is 16.2. The summed E-state index contributed by atoms with van der Waals surface area (Å²) in [7, 11) is 0. The van der Waals surface area contributed by atoms with Crippen molar-refractivity contribution in [3.05, 3.63) is 22.9 Å². The van der Waals surface area contributed by atoms with Crippen LogP contribution in [0.5, 0.6) is 0 Å².